The van der Waals surface area contributed by atoms with Crippen molar-refractivity contribution in [2.24, 2.45) is 0 Å². The number of nitrogens with one attached hydrogen (secondary N) is 1. The van der Waals surface area contributed by atoms with Crippen LogP contribution in [0.15, 0.2) is 58.8 Å². The van der Waals surface area contributed by atoms with Crippen molar-refractivity contribution < 1.29 is 0 Å². The summed E-state index contributed by atoms with van der Waals surface area (Å²) in [4.78, 5) is 18.1. The second kappa shape index (κ2) is 6.91. The molecular formula is C14H9Cl2N5S. The van der Waals surface area contributed by atoms with Gasteiger partial charge in [0, 0.05) is 34.6 Å². The van der Waals surface area contributed by atoms with Gasteiger partial charge in [0.15, 0.2) is 5.82 Å². The lowest BCUT2D eigenvalue weighted by Crippen LogP contribution is -1.98. The number of pyridine rings is 2. The first kappa shape index (κ1) is 15.0. The van der Waals surface area contributed by atoms with E-state index in [0.717, 1.165) is 9.79 Å². The minimum Gasteiger partial charge on any atom is -0.324 e. The fourth-order valence-corrected chi connectivity index (χ4v) is 2.90. The molecule has 0 amide bonds. The molecule has 0 saturated carbocycles. The summed E-state index contributed by atoms with van der Waals surface area (Å²) in [5.74, 6) is 1.03. The Morgan fingerprint density at radius 2 is 1.86 bits per heavy atom. The quantitative estimate of drug-likeness (QED) is 0.701. The molecule has 3 aromatic rings. The van der Waals surface area contributed by atoms with E-state index in [4.69, 9.17) is 23.2 Å². The lowest BCUT2D eigenvalue weighted by Gasteiger charge is -2.09. The summed E-state index contributed by atoms with van der Waals surface area (Å²) in [7, 11) is 0. The summed E-state index contributed by atoms with van der Waals surface area (Å²) in [6, 6.07) is 7.37. The minimum atomic E-state index is 0.155. The average Bonchev–Trinajstić information content (AvgIpc) is 2.52. The van der Waals surface area contributed by atoms with E-state index in [2.05, 4.69) is 25.3 Å². The first-order valence-corrected chi connectivity index (χ1v) is 7.77. The van der Waals surface area contributed by atoms with Crippen molar-refractivity contribution in [2.75, 3.05) is 5.32 Å². The summed E-state index contributed by atoms with van der Waals surface area (Å²) in [5, 5.41) is 3.69. The van der Waals surface area contributed by atoms with Crippen LogP contribution < -0.4 is 5.32 Å². The number of halogens is 2. The summed E-state index contributed by atoms with van der Waals surface area (Å²) in [5.41, 5.74) is 0. The highest BCUT2D eigenvalue weighted by Crippen LogP contribution is 2.36. The van der Waals surface area contributed by atoms with E-state index >= 15 is 0 Å². The minimum absolute atomic E-state index is 0.155. The first-order chi connectivity index (χ1) is 10.7. The molecule has 0 aliphatic carbocycles. The average molecular weight is 350 g/mol. The molecule has 0 atom stereocenters. The highest BCUT2D eigenvalue weighted by molar-refractivity contribution is 7.99. The second-order valence-corrected chi connectivity index (χ2v) is 5.93. The summed E-state index contributed by atoms with van der Waals surface area (Å²) in [6.07, 6.45) is 6.73. The van der Waals surface area contributed by atoms with Crippen LogP contribution in [-0.2, 0) is 0 Å². The van der Waals surface area contributed by atoms with Crippen LogP contribution in [0.25, 0.3) is 0 Å². The van der Waals surface area contributed by atoms with E-state index in [1.807, 2.05) is 18.2 Å². The molecule has 0 saturated heterocycles. The van der Waals surface area contributed by atoms with Crippen molar-refractivity contribution in [3.63, 3.8) is 0 Å². The molecule has 0 aliphatic heterocycles. The van der Waals surface area contributed by atoms with Gasteiger partial charge < -0.3 is 5.32 Å². The third-order valence-corrected chi connectivity index (χ3v) is 4.30. The zero-order valence-electron chi connectivity index (χ0n) is 11.1. The molecular weight excluding hydrogens is 341 g/mol. The molecule has 5 nitrogen and oxygen atoms in total. The molecule has 1 N–H and O–H groups in total. The fourth-order valence-electron chi connectivity index (χ4n) is 1.65. The van der Waals surface area contributed by atoms with Gasteiger partial charge in [0.2, 0.25) is 5.28 Å². The van der Waals surface area contributed by atoms with Crippen molar-refractivity contribution >= 4 is 46.6 Å². The third kappa shape index (κ3) is 3.65. The highest BCUT2D eigenvalue weighted by Gasteiger charge is 2.10. The molecule has 22 heavy (non-hydrogen) atoms. The molecule has 8 heteroatoms. The predicted molar refractivity (Wildman–Crippen MR) is 87.9 cm³/mol. The lowest BCUT2D eigenvalue weighted by molar-refractivity contribution is 1.15. The Kier molecular flexibility index (Phi) is 4.72. The number of aromatic nitrogens is 4. The van der Waals surface area contributed by atoms with Crippen molar-refractivity contribution in [1.29, 1.82) is 0 Å². The molecule has 0 spiro atoms. The SMILES string of the molecule is Clc1nccc(Nc2nccc(Sc3cccnc3)c2Cl)n1. The largest absolute Gasteiger partial charge is 0.324 e. The zero-order valence-corrected chi connectivity index (χ0v) is 13.4. The van der Waals surface area contributed by atoms with Gasteiger partial charge in [-0.2, -0.15) is 0 Å². The van der Waals surface area contributed by atoms with Gasteiger partial charge in [-0.05, 0) is 35.9 Å². The van der Waals surface area contributed by atoms with Crippen LogP contribution in [0.5, 0.6) is 0 Å². The summed E-state index contributed by atoms with van der Waals surface area (Å²) >= 11 is 13.7. The normalized spacial score (nSPS) is 10.5. The van der Waals surface area contributed by atoms with E-state index in [-0.39, 0.29) is 5.28 Å². The van der Waals surface area contributed by atoms with Crippen LogP contribution in [-0.4, -0.2) is 19.9 Å². The molecule has 3 aromatic heterocycles. The van der Waals surface area contributed by atoms with Gasteiger partial charge in [0.1, 0.15) is 5.82 Å². The van der Waals surface area contributed by atoms with Crippen LogP contribution >= 0.6 is 35.0 Å². The van der Waals surface area contributed by atoms with E-state index < -0.39 is 0 Å². The van der Waals surface area contributed by atoms with Crippen LogP contribution in [0, 0.1) is 0 Å². The summed E-state index contributed by atoms with van der Waals surface area (Å²) < 4.78 is 0. The maximum atomic E-state index is 6.41. The number of hydrogen-bond donors (Lipinski definition) is 1. The topological polar surface area (TPSA) is 63.6 Å². The van der Waals surface area contributed by atoms with Gasteiger partial charge in [-0.15, -0.1) is 0 Å². The van der Waals surface area contributed by atoms with Crippen molar-refractivity contribution in [2.45, 2.75) is 9.79 Å². The Morgan fingerprint density at radius 1 is 1.00 bits per heavy atom. The van der Waals surface area contributed by atoms with Gasteiger partial charge in [-0.1, -0.05) is 23.4 Å². The Bertz CT molecular complexity index is 785. The van der Waals surface area contributed by atoms with Crippen LogP contribution in [0.2, 0.25) is 10.3 Å². The van der Waals surface area contributed by atoms with Gasteiger partial charge in [-0.3, -0.25) is 4.98 Å². The molecule has 3 rings (SSSR count). The summed E-state index contributed by atoms with van der Waals surface area (Å²) in [6.45, 7) is 0. The molecule has 0 fully saturated rings. The number of rotatable bonds is 4. The van der Waals surface area contributed by atoms with Crippen LogP contribution in [0.4, 0.5) is 11.6 Å². The van der Waals surface area contributed by atoms with Crippen molar-refractivity contribution in [3.8, 4) is 0 Å². The van der Waals surface area contributed by atoms with E-state index in [9.17, 15) is 0 Å². The third-order valence-electron chi connectivity index (χ3n) is 2.59. The van der Waals surface area contributed by atoms with Crippen molar-refractivity contribution in [3.05, 3.63) is 59.4 Å². The van der Waals surface area contributed by atoms with Gasteiger partial charge >= 0.3 is 0 Å². The monoisotopic (exact) mass is 349 g/mol. The number of hydrogen-bond acceptors (Lipinski definition) is 6. The molecule has 0 bridgehead atoms. The molecule has 3 heterocycles. The van der Waals surface area contributed by atoms with E-state index in [0.29, 0.717) is 16.7 Å². The first-order valence-electron chi connectivity index (χ1n) is 6.20. The van der Waals surface area contributed by atoms with E-state index in [1.165, 1.54) is 11.8 Å². The Hall–Kier alpha value is -1.89. The molecule has 0 aromatic carbocycles. The van der Waals surface area contributed by atoms with Crippen LogP contribution in [0.3, 0.4) is 0 Å². The highest BCUT2D eigenvalue weighted by atomic mass is 35.5. The van der Waals surface area contributed by atoms with Gasteiger partial charge in [-0.25, -0.2) is 15.0 Å². The Morgan fingerprint density at radius 3 is 2.64 bits per heavy atom. The maximum Gasteiger partial charge on any atom is 0.224 e. The van der Waals surface area contributed by atoms with Crippen LogP contribution in [0.1, 0.15) is 0 Å². The number of nitrogens with zero attached hydrogens (tertiary/aromatic N) is 4. The van der Waals surface area contributed by atoms with Gasteiger partial charge in [0.05, 0.1) is 5.02 Å². The predicted octanol–water partition coefficient (Wildman–Crippen LogP) is 4.47. The molecule has 0 unspecified atom stereocenters. The standard InChI is InChI=1S/C14H9Cl2N5S/c15-12-10(22-9-2-1-5-17-8-9)3-6-18-13(12)20-11-4-7-19-14(16)21-11/h1-8H,(H,18,19,20,21). The number of anilines is 2. The van der Waals surface area contributed by atoms with Gasteiger partial charge in [0.25, 0.3) is 0 Å². The Balaban J connectivity index is 1.86. The van der Waals surface area contributed by atoms with Crippen molar-refractivity contribution in [1.82, 2.24) is 19.9 Å². The Labute approximate surface area is 141 Å². The fraction of sp³-hybridized carbons (Fsp3) is 0. The lowest BCUT2D eigenvalue weighted by atomic mass is 10.4. The second-order valence-electron chi connectivity index (χ2n) is 4.10. The van der Waals surface area contributed by atoms with E-state index in [1.54, 1.807) is 30.9 Å². The molecule has 110 valence electrons. The maximum absolute atomic E-state index is 6.41. The molecule has 0 radical (unpaired) electrons. The zero-order chi connectivity index (χ0) is 15.4. The molecule has 0 aliphatic rings. The smallest absolute Gasteiger partial charge is 0.224 e.